The number of unbranched alkanes of at least 4 members (excludes halogenated alkanes) is 1. The van der Waals surface area contributed by atoms with Crippen molar-refractivity contribution in [1.82, 2.24) is 20.0 Å². The maximum absolute atomic E-state index is 10.6. The first-order chi connectivity index (χ1) is 30.4. The minimum atomic E-state index is -5.08. The summed E-state index contributed by atoms with van der Waals surface area (Å²) in [6.07, 6.45) is 3.85. The first-order valence-electron chi connectivity index (χ1n) is 20.5. The van der Waals surface area contributed by atoms with Gasteiger partial charge in [0.2, 0.25) is 0 Å². The van der Waals surface area contributed by atoms with Crippen LogP contribution in [0.5, 0.6) is 11.5 Å². The normalized spacial score (nSPS) is 17.7. The van der Waals surface area contributed by atoms with Gasteiger partial charge in [-0.1, -0.05) is 58.8 Å². The predicted molar refractivity (Wildman–Crippen MR) is 228 cm³/mol. The molecule has 8 rings (SSSR count). The highest BCUT2D eigenvalue weighted by Crippen LogP contribution is 2.48. The Morgan fingerprint density at radius 3 is 2.22 bits per heavy atom. The van der Waals surface area contributed by atoms with E-state index >= 15 is 0 Å². The zero-order valence-corrected chi connectivity index (χ0v) is 35.7. The van der Waals surface area contributed by atoms with Gasteiger partial charge in [-0.05, 0) is 98.6 Å². The van der Waals surface area contributed by atoms with Gasteiger partial charge in [0.1, 0.15) is 0 Å². The highest BCUT2D eigenvalue weighted by Gasteiger charge is 2.39. The number of anilines is 2. The van der Waals surface area contributed by atoms with Crippen LogP contribution < -0.4 is 20.1 Å². The Balaban J connectivity index is 0.000000422. The summed E-state index contributed by atoms with van der Waals surface area (Å²) in [7, 11) is 3.40. The van der Waals surface area contributed by atoms with Gasteiger partial charge in [-0.3, -0.25) is 9.67 Å². The Kier molecular flexibility index (Phi) is 15.0. The highest BCUT2D eigenvalue weighted by molar-refractivity contribution is 6.31. The Morgan fingerprint density at radius 1 is 0.891 bits per heavy atom. The number of hydrogen-bond donors (Lipinski definition) is 3. The lowest BCUT2D eigenvalue weighted by atomic mass is 9.70. The highest BCUT2D eigenvalue weighted by atomic mass is 35.5. The molecule has 64 heavy (non-hydrogen) atoms. The molecule has 0 saturated carbocycles. The van der Waals surface area contributed by atoms with E-state index in [1.165, 1.54) is 28.8 Å². The first-order valence-corrected chi connectivity index (χ1v) is 20.9. The molecule has 0 fully saturated rings. The molecule has 0 radical (unpaired) electrons. The van der Waals surface area contributed by atoms with Gasteiger partial charge in [0.05, 0.1) is 31.5 Å². The molecule has 2 aromatic heterocycles. The summed E-state index contributed by atoms with van der Waals surface area (Å²) in [4.78, 5) is 25.3. The molecule has 2 aliphatic carbocycles. The van der Waals surface area contributed by atoms with Crippen LogP contribution in [-0.4, -0.2) is 75.2 Å². The molecule has 3 aromatic carbocycles. The number of carboxylic acids is 2. The van der Waals surface area contributed by atoms with E-state index in [1.807, 2.05) is 22.9 Å². The van der Waals surface area contributed by atoms with Crippen LogP contribution in [0, 0.1) is 5.92 Å². The Bertz CT molecular complexity index is 2460. The molecule has 5 aromatic rings. The summed E-state index contributed by atoms with van der Waals surface area (Å²) in [5.74, 6) is -2.99. The van der Waals surface area contributed by atoms with Crippen molar-refractivity contribution in [1.29, 1.82) is 0 Å². The fourth-order valence-electron chi connectivity index (χ4n) is 8.69. The summed E-state index contributed by atoms with van der Waals surface area (Å²) < 4.78 is 76.8. The second-order valence-electron chi connectivity index (χ2n) is 15.8. The number of hydrogen-bond acceptors (Lipinski definition) is 9. The van der Waals surface area contributed by atoms with Gasteiger partial charge >= 0.3 is 24.3 Å². The van der Waals surface area contributed by atoms with E-state index in [1.54, 1.807) is 19.8 Å². The number of methoxy groups -OCH3 is 2. The number of nitrogens with two attached hydrogens (primary N) is 1. The zero-order valence-electron chi connectivity index (χ0n) is 34.9. The fraction of sp³-hybridized carbons (Fsp3) is 0.400. The SMILES string of the molecule is COc1cc2c(cc1OC)N(CCc1cn(CCCCC3=C[C@H]4Cc5nc6cc(Cl)ccc6c(N)c5[C@H](C3)C4)nn1)C(c1ccccc1)CC2.O=C(O)C(F)(F)F.O=C(O)C(F)(F)F. The lowest BCUT2D eigenvalue weighted by Crippen LogP contribution is -2.35. The van der Waals surface area contributed by atoms with Crippen molar-refractivity contribution in [2.24, 2.45) is 5.92 Å². The molecule has 342 valence electrons. The molecule has 4 N–H and O–H groups in total. The van der Waals surface area contributed by atoms with Gasteiger partial charge in [0.15, 0.2) is 11.5 Å². The van der Waals surface area contributed by atoms with E-state index in [-0.39, 0.29) is 6.04 Å². The number of carboxylic acid groups (broad SMARTS) is 2. The van der Waals surface area contributed by atoms with E-state index in [2.05, 4.69) is 69.9 Å². The van der Waals surface area contributed by atoms with Crippen LogP contribution in [0.4, 0.5) is 37.7 Å². The maximum Gasteiger partial charge on any atom is 0.490 e. The number of alkyl halides is 6. The summed E-state index contributed by atoms with van der Waals surface area (Å²) in [6.45, 7) is 1.71. The summed E-state index contributed by atoms with van der Waals surface area (Å²) in [5, 5.41) is 25.1. The first kappa shape index (κ1) is 47.4. The average molecular weight is 917 g/mol. The molecule has 0 spiro atoms. The number of allylic oxidation sites excluding steroid dienone is 2. The van der Waals surface area contributed by atoms with Crippen molar-refractivity contribution >= 4 is 45.8 Å². The van der Waals surface area contributed by atoms with Crippen molar-refractivity contribution in [3.05, 3.63) is 112 Å². The number of carbonyl (C=O) groups is 2. The van der Waals surface area contributed by atoms with Gasteiger partial charge in [-0.25, -0.2) is 9.59 Å². The lowest BCUT2D eigenvalue weighted by molar-refractivity contribution is -0.193. The van der Waals surface area contributed by atoms with E-state index in [9.17, 15) is 26.3 Å². The molecule has 19 heteroatoms. The monoisotopic (exact) mass is 916 g/mol. The molecule has 0 amide bonds. The third-order valence-corrected chi connectivity index (χ3v) is 11.7. The number of rotatable bonds is 11. The largest absolute Gasteiger partial charge is 0.493 e. The average Bonchev–Trinajstić information content (AvgIpc) is 3.71. The van der Waals surface area contributed by atoms with Crippen molar-refractivity contribution in [3.63, 3.8) is 0 Å². The molecule has 3 atom stereocenters. The van der Waals surface area contributed by atoms with E-state index in [0.717, 1.165) is 104 Å². The number of aromatic nitrogens is 4. The summed E-state index contributed by atoms with van der Waals surface area (Å²) in [6, 6.07) is 21.2. The van der Waals surface area contributed by atoms with E-state index in [0.29, 0.717) is 16.9 Å². The fourth-order valence-corrected chi connectivity index (χ4v) is 8.85. The number of nitrogens with zero attached hydrogens (tertiary/aromatic N) is 5. The molecule has 0 saturated heterocycles. The number of ether oxygens (including phenoxy) is 2. The van der Waals surface area contributed by atoms with Gasteiger partial charge in [-0.2, -0.15) is 26.3 Å². The number of pyridine rings is 1. The molecule has 1 aliphatic heterocycles. The standard InChI is InChI=1S/C41H45ClN6O2.2C2HF3O2/c1-49-38-22-29-11-14-36(28-9-4-3-5-10-28)48(37(29)24-39(38)50-2)17-15-32-25-47(46-45-32)16-7-6-8-26-18-27-20-30(19-26)40-35(21-27)44-34-23-31(42)12-13-33(34)41(40)43;2*3-2(4,5)1(6)7/h3-5,9-10,12-13,18,22-25,27,30,36H,6-8,11,14-17,19-21H2,1-2H3,(H2,43,44);2*(H,6,7)/t27-,30-,36?;;/m1../s1. The molecular weight excluding hydrogens is 870 g/mol. The summed E-state index contributed by atoms with van der Waals surface area (Å²) >= 11 is 6.26. The van der Waals surface area contributed by atoms with E-state index < -0.39 is 24.3 Å². The lowest BCUT2D eigenvalue weighted by Gasteiger charge is -2.39. The van der Waals surface area contributed by atoms with Crippen molar-refractivity contribution in [3.8, 4) is 11.5 Å². The van der Waals surface area contributed by atoms with Gasteiger partial charge in [0.25, 0.3) is 0 Å². The minimum Gasteiger partial charge on any atom is -0.493 e. The Morgan fingerprint density at radius 2 is 1.56 bits per heavy atom. The van der Waals surface area contributed by atoms with Crippen LogP contribution in [0.3, 0.4) is 0 Å². The number of halogens is 7. The van der Waals surface area contributed by atoms with E-state index in [4.69, 9.17) is 51.6 Å². The molecule has 1 unspecified atom stereocenters. The molecule has 3 heterocycles. The van der Waals surface area contributed by atoms with Crippen LogP contribution in [0.2, 0.25) is 5.02 Å². The third kappa shape index (κ3) is 11.6. The van der Waals surface area contributed by atoms with Crippen LogP contribution in [-0.2, 0) is 35.4 Å². The zero-order chi connectivity index (χ0) is 46.3. The molecule has 2 bridgehead atoms. The van der Waals surface area contributed by atoms with Gasteiger partial charge in [-0.15, -0.1) is 5.10 Å². The number of aliphatic carboxylic acids is 2. The van der Waals surface area contributed by atoms with Crippen molar-refractivity contribution in [2.45, 2.75) is 88.6 Å². The second kappa shape index (κ2) is 20.2. The van der Waals surface area contributed by atoms with Crippen molar-refractivity contribution in [2.75, 3.05) is 31.4 Å². The Labute approximate surface area is 369 Å². The smallest absolute Gasteiger partial charge is 0.490 e. The minimum absolute atomic E-state index is 0.282. The van der Waals surface area contributed by atoms with Crippen molar-refractivity contribution < 1.29 is 55.6 Å². The molecular formula is C45H47ClF6N6O6. The van der Waals surface area contributed by atoms with Gasteiger partial charge in [0, 0.05) is 64.8 Å². The number of fused-ring (bicyclic) bond motifs is 6. The summed E-state index contributed by atoms with van der Waals surface area (Å²) in [5.41, 5.74) is 17.4. The topological polar surface area (TPSA) is 166 Å². The number of aryl methyl sites for hydroxylation is 2. The quantitative estimate of drug-likeness (QED) is 0.0656. The van der Waals surface area contributed by atoms with Crippen LogP contribution in [0.1, 0.15) is 78.6 Å². The maximum atomic E-state index is 10.6. The van der Waals surface area contributed by atoms with Crippen LogP contribution in [0.25, 0.3) is 10.9 Å². The number of nitrogen functional groups attached to an aromatic ring is 1. The number of benzene rings is 3. The second-order valence-corrected chi connectivity index (χ2v) is 16.2. The molecule has 12 nitrogen and oxygen atoms in total. The molecule has 3 aliphatic rings. The van der Waals surface area contributed by atoms with Crippen LogP contribution >= 0.6 is 11.6 Å². The van der Waals surface area contributed by atoms with Crippen LogP contribution in [0.15, 0.2) is 78.5 Å². The predicted octanol–water partition coefficient (Wildman–Crippen LogP) is 9.93. The third-order valence-electron chi connectivity index (χ3n) is 11.5. The Hall–Kier alpha value is -6.04. The van der Waals surface area contributed by atoms with Gasteiger partial charge < -0.3 is 30.3 Å².